The van der Waals surface area contributed by atoms with Gasteiger partial charge in [-0.15, -0.1) is 0 Å². The average molecular weight is 492 g/mol. The second kappa shape index (κ2) is 10.6. The summed E-state index contributed by atoms with van der Waals surface area (Å²) in [7, 11) is -3.60. The van der Waals surface area contributed by atoms with Crippen LogP contribution in [0.2, 0.25) is 0 Å². The number of hydrogen-bond acceptors (Lipinski definition) is 4. The van der Waals surface area contributed by atoms with Crippen molar-refractivity contribution in [3.05, 3.63) is 101 Å². The summed E-state index contributed by atoms with van der Waals surface area (Å²) in [5.74, 6) is -0.177. The summed E-state index contributed by atoms with van der Waals surface area (Å²) >= 11 is 0. The van der Waals surface area contributed by atoms with E-state index in [-0.39, 0.29) is 18.5 Å². The van der Waals surface area contributed by atoms with Crippen LogP contribution in [-0.2, 0) is 14.8 Å². The largest absolute Gasteiger partial charge is 0.339 e. The summed E-state index contributed by atoms with van der Waals surface area (Å²) in [5.41, 5.74) is 5.03. The van der Waals surface area contributed by atoms with Crippen LogP contribution in [0.4, 0.5) is 5.69 Å². The normalized spacial score (nSPS) is 14.8. The smallest absolute Gasteiger partial charge is 0.243 e. The van der Waals surface area contributed by atoms with E-state index in [2.05, 4.69) is 53.4 Å². The maximum Gasteiger partial charge on any atom is 0.243 e. The molecule has 0 saturated carbocycles. The molecule has 4 rings (SSSR count). The molecule has 0 spiro atoms. The molecule has 1 aliphatic heterocycles. The molecule has 1 amide bonds. The molecule has 7 heteroatoms. The number of carbonyl (C=O) groups excluding carboxylic acids is 1. The number of nitrogens with zero attached hydrogens (tertiary/aromatic N) is 3. The third kappa shape index (κ3) is 5.92. The predicted octanol–water partition coefficient (Wildman–Crippen LogP) is 4.00. The van der Waals surface area contributed by atoms with Crippen molar-refractivity contribution in [2.45, 2.75) is 19.9 Å². The van der Waals surface area contributed by atoms with Gasteiger partial charge in [-0.3, -0.25) is 14.0 Å². The number of carbonyl (C=O) groups is 1. The van der Waals surface area contributed by atoms with E-state index >= 15 is 0 Å². The highest BCUT2D eigenvalue weighted by Gasteiger charge is 2.30. The van der Waals surface area contributed by atoms with Gasteiger partial charge in [0, 0.05) is 26.2 Å². The number of hydrogen-bond donors (Lipinski definition) is 0. The first-order chi connectivity index (χ1) is 16.7. The Hall–Kier alpha value is -3.16. The molecule has 3 aromatic carbocycles. The van der Waals surface area contributed by atoms with Crippen LogP contribution in [-0.4, -0.2) is 63.1 Å². The number of rotatable bonds is 7. The lowest BCUT2D eigenvalue weighted by Gasteiger charge is -2.40. The van der Waals surface area contributed by atoms with Crippen molar-refractivity contribution in [2.24, 2.45) is 0 Å². The monoisotopic (exact) mass is 491 g/mol. The quantitative estimate of drug-likeness (QED) is 0.501. The Labute approximate surface area is 208 Å². The highest BCUT2D eigenvalue weighted by Crippen LogP contribution is 2.29. The van der Waals surface area contributed by atoms with Crippen LogP contribution in [0.5, 0.6) is 0 Å². The Kier molecular flexibility index (Phi) is 7.57. The number of piperazine rings is 1. The molecule has 0 atom stereocenters. The van der Waals surface area contributed by atoms with E-state index < -0.39 is 10.0 Å². The summed E-state index contributed by atoms with van der Waals surface area (Å²) in [6.07, 6.45) is 1.15. The minimum absolute atomic E-state index is 0.109. The Morgan fingerprint density at radius 1 is 0.829 bits per heavy atom. The number of benzene rings is 3. The second-order valence-electron chi connectivity index (χ2n) is 9.18. The first-order valence-corrected chi connectivity index (χ1v) is 13.8. The van der Waals surface area contributed by atoms with Gasteiger partial charge in [0.2, 0.25) is 15.9 Å². The van der Waals surface area contributed by atoms with Crippen molar-refractivity contribution in [2.75, 3.05) is 43.3 Å². The Morgan fingerprint density at radius 2 is 1.37 bits per heavy atom. The van der Waals surface area contributed by atoms with Gasteiger partial charge in [0.15, 0.2) is 0 Å². The first kappa shape index (κ1) is 24.9. The summed E-state index contributed by atoms with van der Waals surface area (Å²) in [6.45, 7) is 6.26. The van der Waals surface area contributed by atoms with Crippen molar-refractivity contribution in [1.29, 1.82) is 0 Å². The average Bonchev–Trinajstić information content (AvgIpc) is 2.85. The van der Waals surface area contributed by atoms with E-state index in [1.54, 1.807) is 11.0 Å². The Morgan fingerprint density at radius 3 is 1.86 bits per heavy atom. The molecule has 1 saturated heterocycles. The van der Waals surface area contributed by atoms with Gasteiger partial charge in [0.25, 0.3) is 0 Å². The molecular weight excluding hydrogens is 458 g/mol. The molecule has 1 heterocycles. The fourth-order valence-electron chi connectivity index (χ4n) is 4.62. The molecule has 3 aromatic rings. The van der Waals surface area contributed by atoms with Gasteiger partial charge in [0.1, 0.15) is 6.54 Å². The van der Waals surface area contributed by atoms with E-state index in [1.807, 2.05) is 38.1 Å². The van der Waals surface area contributed by atoms with Gasteiger partial charge in [-0.25, -0.2) is 8.42 Å². The zero-order valence-corrected chi connectivity index (χ0v) is 21.4. The number of anilines is 1. The summed E-state index contributed by atoms with van der Waals surface area (Å²) < 4.78 is 26.3. The van der Waals surface area contributed by atoms with Crippen LogP contribution in [0.15, 0.2) is 78.9 Å². The Bertz CT molecular complexity index is 1220. The topological polar surface area (TPSA) is 60.9 Å². The molecule has 1 fully saturated rings. The van der Waals surface area contributed by atoms with Crippen molar-refractivity contribution >= 4 is 21.6 Å². The third-order valence-corrected chi connectivity index (χ3v) is 7.86. The van der Waals surface area contributed by atoms with E-state index in [0.29, 0.717) is 31.9 Å². The van der Waals surface area contributed by atoms with Gasteiger partial charge >= 0.3 is 0 Å². The molecule has 0 aromatic heterocycles. The van der Waals surface area contributed by atoms with Gasteiger partial charge in [-0.2, -0.15) is 0 Å². The summed E-state index contributed by atoms with van der Waals surface area (Å²) in [4.78, 5) is 17.4. The molecule has 6 nitrogen and oxygen atoms in total. The Balaban J connectivity index is 1.48. The fraction of sp³-hybridized carbons (Fsp3) is 0.321. The van der Waals surface area contributed by atoms with Gasteiger partial charge < -0.3 is 4.90 Å². The molecule has 0 aliphatic carbocycles. The lowest BCUT2D eigenvalue weighted by Crippen LogP contribution is -2.52. The van der Waals surface area contributed by atoms with Crippen molar-refractivity contribution < 1.29 is 13.2 Å². The predicted molar refractivity (Wildman–Crippen MR) is 141 cm³/mol. The van der Waals surface area contributed by atoms with Gasteiger partial charge in [0.05, 0.1) is 18.0 Å². The molecule has 35 heavy (non-hydrogen) atoms. The van der Waals surface area contributed by atoms with E-state index in [4.69, 9.17) is 0 Å². The molecule has 0 unspecified atom stereocenters. The minimum atomic E-state index is -3.60. The number of aryl methyl sites for hydroxylation is 2. The van der Waals surface area contributed by atoms with Crippen LogP contribution in [0.1, 0.15) is 28.3 Å². The maximum atomic E-state index is 13.2. The van der Waals surface area contributed by atoms with Crippen LogP contribution < -0.4 is 4.31 Å². The minimum Gasteiger partial charge on any atom is -0.339 e. The maximum absolute atomic E-state index is 13.2. The fourth-order valence-corrected chi connectivity index (χ4v) is 5.46. The molecule has 1 aliphatic rings. The van der Waals surface area contributed by atoms with Crippen LogP contribution in [0.25, 0.3) is 0 Å². The number of amides is 1. The molecule has 184 valence electrons. The first-order valence-electron chi connectivity index (χ1n) is 11.9. The zero-order valence-electron chi connectivity index (χ0n) is 20.6. The van der Waals surface area contributed by atoms with Crippen LogP contribution in [0, 0.1) is 13.8 Å². The molecule has 0 N–H and O–H groups in total. The van der Waals surface area contributed by atoms with Crippen LogP contribution >= 0.6 is 0 Å². The SMILES string of the molecule is Cc1ccc(N(CC(=O)N2CCN(C(c3ccccc3)c3ccccc3)CC2)S(C)(=O)=O)cc1C. The zero-order chi connectivity index (χ0) is 25.0. The lowest BCUT2D eigenvalue weighted by atomic mass is 9.96. The van der Waals surface area contributed by atoms with Crippen molar-refractivity contribution in [3.63, 3.8) is 0 Å². The highest BCUT2D eigenvalue weighted by molar-refractivity contribution is 7.92. The highest BCUT2D eigenvalue weighted by atomic mass is 32.2. The van der Waals surface area contributed by atoms with E-state index in [9.17, 15) is 13.2 Å². The van der Waals surface area contributed by atoms with E-state index in [1.165, 1.54) is 15.4 Å². The standard InChI is InChI=1S/C28H33N3O3S/c1-22-14-15-26(20-23(22)2)31(35(3,33)34)21-27(32)29-16-18-30(19-17-29)28(24-10-6-4-7-11-24)25-12-8-5-9-13-25/h4-15,20,28H,16-19,21H2,1-3H3. The summed E-state index contributed by atoms with van der Waals surface area (Å²) in [5, 5.41) is 0. The summed E-state index contributed by atoms with van der Waals surface area (Å²) in [6, 6.07) is 26.4. The van der Waals surface area contributed by atoms with Crippen molar-refractivity contribution in [3.8, 4) is 0 Å². The molecule has 0 bridgehead atoms. The van der Waals surface area contributed by atoms with Crippen molar-refractivity contribution in [1.82, 2.24) is 9.80 Å². The third-order valence-electron chi connectivity index (χ3n) is 6.72. The second-order valence-corrected chi connectivity index (χ2v) is 11.1. The van der Waals surface area contributed by atoms with Gasteiger partial charge in [-0.1, -0.05) is 66.7 Å². The molecular formula is C28H33N3O3S. The van der Waals surface area contributed by atoms with Gasteiger partial charge in [-0.05, 0) is 48.2 Å². The van der Waals surface area contributed by atoms with E-state index in [0.717, 1.165) is 17.4 Å². The lowest BCUT2D eigenvalue weighted by molar-refractivity contribution is -0.131. The van der Waals surface area contributed by atoms with Crippen LogP contribution in [0.3, 0.4) is 0 Å². The number of sulfonamides is 1. The molecule has 0 radical (unpaired) electrons.